The molecular weight excluding hydrogens is 156 g/mol. The summed E-state index contributed by atoms with van der Waals surface area (Å²) in [5.41, 5.74) is 5.22. The molecule has 0 spiro atoms. The second kappa shape index (κ2) is 4.42. The first kappa shape index (κ1) is 9.48. The van der Waals surface area contributed by atoms with Gasteiger partial charge < -0.3 is 10.6 Å². The quantitative estimate of drug-likeness (QED) is 0.615. The number of nitrogens with two attached hydrogens (primary N) is 1. The summed E-state index contributed by atoms with van der Waals surface area (Å²) in [5.74, 6) is 0.113. The third kappa shape index (κ3) is 2.19. The van der Waals surface area contributed by atoms with Crippen LogP contribution >= 0.6 is 0 Å². The van der Waals surface area contributed by atoms with Gasteiger partial charge in [0.15, 0.2) is 0 Å². The highest BCUT2D eigenvalue weighted by Crippen LogP contribution is 2.15. The summed E-state index contributed by atoms with van der Waals surface area (Å²) in [6.07, 6.45) is 1.90. The van der Waals surface area contributed by atoms with Crippen molar-refractivity contribution >= 4 is 5.91 Å². The van der Waals surface area contributed by atoms with Crippen molar-refractivity contribution < 1.29 is 9.90 Å². The van der Waals surface area contributed by atoms with Crippen LogP contribution in [0.2, 0.25) is 0 Å². The van der Waals surface area contributed by atoms with Gasteiger partial charge in [0.25, 0.3) is 0 Å². The SMILES string of the molecule is NCC(=O)N1CCCC(C[O])C1. The summed E-state index contributed by atoms with van der Waals surface area (Å²) < 4.78 is 0. The summed E-state index contributed by atoms with van der Waals surface area (Å²) in [6.45, 7) is 1.37. The lowest BCUT2D eigenvalue weighted by atomic mass is 9.99. The van der Waals surface area contributed by atoms with Gasteiger partial charge in [0.2, 0.25) is 5.91 Å². The Balaban J connectivity index is 2.40. The van der Waals surface area contributed by atoms with Gasteiger partial charge in [-0.05, 0) is 12.8 Å². The number of nitrogens with zero attached hydrogens (tertiary/aromatic N) is 1. The third-order valence-electron chi connectivity index (χ3n) is 2.28. The Kier molecular flexibility index (Phi) is 3.49. The number of hydrogen-bond acceptors (Lipinski definition) is 2. The van der Waals surface area contributed by atoms with Gasteiger partial charge >= 0.3 is 0 Å². The fourth-order valence-corrected chi connectivity index (χ4v) is 1.56. The van der Waals surface area contributed by atoms with Crippen LogP contribution in [0.4, 0.5) is 0 Å². The van der Waals surface area contributed by atoms with Gasteiger partial charge in [-0.1, -0.05) is 0 Å². The molecule has 0 aromatic heterocycles. The van der Waals surface area contributed by atoms with Gasteiger partial charge in [0.1, 0.15) is 0 Å². The zero-order chi connectivity index (χ0) is 8.97. The van der Waals surface area contributed by atoms with Gasteiger partial charge in [0.05, 0.1) is 13.2 Å². The first-order valence-electron chi connectivity index (χ1n) is 4.34. The Morgan fingerprint density at radius 3 is 2.92 bits per heavy atom. The van der Waals surface area contributed by atoms with Crippen molar-refractivity contribution in [2.45, 2.75) is 12.8 Å². The first-order chi connectivity index (χ1) is 5.77. The summed E-state index contributed by atoms with van der Waals surface area (Å²) in [7, 11) is 0. The maximum absolute atomic E-state index is 11.1. The molecule has 1 aliphatic heterocycles. The molecule has 1 aliphatic rings. The molecule has 1 fully saturated rings. The highest BCUT2D eigenvalue weighted by molar-refractivity contribution is 5.78. The van der Waals surface area contributed by atoms with Crippen molar-refractivity contribution in [2.24, 2.45) is 11.7 Å². The van der Waals surface area contributed by atoms with E-state index in [0.29, 0.717) is 6.54 Å². The third-order valence-corrected chi connectivity index (χ3v) is 2.28. The van der Waals surface area contributed by atoms with Crippen molar-refractivity contribution in [3.63, 3.8) is 0 Å². The van der Waals surface area contributed by atoms with E-state index in [1.165, 1.54) is 0 Å². The van der Waals surface area contributed by atoms with Crippen LogP contribution in [0.5, 0.6) is 0 Å². The monoisotopic (exact) mass is 171 g/mol. The molecule has 0 aromatic carbocycles. The number of carbonyl (C=O) groups is 1. The zero-order valence-electron chi connectivity index (χ0n) is 7.16. The lowest BCUT2D eigenvalue weighted by Gasteiger charge is -2.31. The van der Waals surface area contributed by atoms with Crippen molar-refractivity contribution in [1.29, 1.82) is 0 Å². The molecule has 1 saturated heterocycles. The molecule has 1 atom stereocenters. The minimum absolute atomic E-state index is 0.0341. The van der Waals surface area contributed by atoms with Crippen molar-refractivity contribution in [3.05, 3.63) is 0 Å². The van der Waals surface area contributed by atoms with E-state index < -0.39 is 0 Å². The predicted molar refractivity (Wildman–Crippen MR) is 43.9 cm³/mol. The Morgan fingerprint density at radius 1 is 1.58 bits per heavy atom. The molecule has 1 heterocycles. The second-order valence-corrected chi connectivity index (χ2v) is 3.22. The molecule has 0 saturated carbocycles. The number of amides is 1. The zero-order valence-corrected chi connectivity index (χ0v) is 7.16. The molecule has 1 rings (SSSR count). The van der Waals surface area contributed by atoms with Gasteiger partial charge in [-0.25, -0.2) is 5.11 Å². The number of carbonyl (C=O) groups excluding carboxylic acids is 1. The molecule has 1 amide bonds. The molecule has 0 aliphatic carbocycles. The summed E-state index contributed by atoms with van der Waals surface area (Å²) >= 11 is 0. The average molecular weight is 171 g/mol. The van der Waals surface area contributed by atoms with E-state index >= 15 is 0 Å². The van der Waals surface area contributed by atoms with Crippen molar-refractivity contribution in [1.82, 2.24) is 4.90 Å². The van der Waals surface area contributed by atoms with Crippen LogP contribution in [0, 0.1) is 5.92 Å². The summed E-state index contributed by atoms with van der Waals surface area (Å²) in [4.78, 5) is 12.8. The number of hydrogen-bond donors (Lipinski definition) is 1. The van der Waals surface area contributed by atoms with E-state index in [1.807, 2.05) is 0 Å². The van der Waals surface area contributed by atoms with Gasteiger partial charge in [-0.3, -0.25) is 4.79 Å². The lowest BCUT2D eigenvalue weighted by Crippen LogP contribution is -2.43. The van der Waals surface area contributed by atoms with Crippen molar-refractivity contribution in [3.8, 4) is 0 Å². The van der Waals surface area contributed by atoms with Crippen LogP contribution in [-0.4, -0.2) is 37.0 Å². The smallest absolute Gasteiger partial charge is 0.236 e. The maximum atomic E-state index is 11.1. The van der Waals surface area contributed by atoms with Crippen LogP contribution in [0.25, 0.3) is 0 Å². The topological polar surface area (TPSA) is 66.2 Å². The average Bonchev–Trinajstić information content (AvgIpc) is 2.17. The number of likely N-dealkylation sites (tertiary alicyclic amines) is 1. The molecule has 4 heteroatoms. The van der Waals surface area contributed by atoms with Gasteiger partial charge in [0, 0.05) is 19.0 Å². The number of rotatable bonds is 2. The summed E-state index contributed by atoms with van der Waals surface area (Å²) in [6, 6.07) is 0. The van der Waals surface area contributed by atoms with E-state index in [4.69, 9.17) is 5.73 Å². The fraction of sp³-hybridized carbons (Fsp3) is 0.875. The predicted octanol–water partition coefficient (Wildman–Crippen LogP) is -0.386. The highest BCUT2D eigenvalue weighted by Gasteiger charge is 2.22. The molecule has 4 nitrogen and oxygen atoms in total. The molecule has 2 N–H and O–H groups in total. The van der Waals surface area contributed by atoms with Gasteiger partial charge in [-0.15, -0.1) is 0 Å². The Hall–Kier alpha value is -0.610. The standard InChI is InChI=1S/C8H15N2O2/c9-4-8(12)10-3-1-2-7(5-10)6-11/h7H,1-6,9H2. The van der Waals surface area contributed by atoms with Gasteiger partial charge in [-0.2, -0.15) is 0 Å². The van der Waals surface area contributed by atoms with E-state index in [2.05, 4.69) is 0 Å². The van der Waals surface area contributed by atoms with E-state index in [9.17, 15) is 9.90 Å². The minimum atomic E-state index is -0.0750. The Bertz CT molecular complexity index is 161. The van der Waals surface area contributed by atoms with Crippen LogP contribution < -0.4 is 5.73 Å². The molecule has 1 unspecified atom stereocenters. The minimum Gasteiger partial charge on any atom is -0.341 e. The summed E-state index contributed by atoms with van der Waals surface area (Å²) in [5, 5.41) is 10.6. The molecule has 12 heavy (non-hydrogen) atoms. The Labute approximate surface area is 72.3 Å². The fourth-order valence-electron chi connectivity index (χ4n) is 1.56. The first-order valence-corrected chi connectivity index (χ1v) is 4.34. The molecule has 1 radical (unpaired) electrons. The lowest BCUT2D eigenvalue weighted by molar-refractivity contribution is -0.131. The molecule has 0 bridgehead atoms. The van der Waals surface area contributed by atoms with Crippen LogP contribution in [-0.2, 0) is 9.90 Å². The Morgan fingerprint density at radius 2 is 2.33 bits per heavy atom. The highest BCUT2D eigenvalue weighted by atomic mass is 16.3. The molecule has 69 valence electrons. The van der Waals surface area contributed by atoms with E-state index in [1.54, 1.807) is 4.90 Å². The second-order valence-electron chi connectivity index (χ2n) is 3.22. The van der Waals surface area contributed by atoms with Crippen LogP contribution in [0.1, 0.15) is 12.8 Å². The largest absolute Gasteiger partial charge is 0.341 e. The van der Waals surface area contributed by atoms with E-state index in [-0.39, 0.29) is 25.0 Å². The maximum Gasteiger partial charge on any atom is 0.236 e. The molecule has 0 aromatic rings. The van der Waals surface area contributed by atoms with E-state index in [0.717, 1.165) is 19.4 Å². The van der Waals surface area contributed by atoms with Crippen LogP contribution in [0.3, 0.4) is 0 Å². The normalized spacial score (nSPS) is 24.2. The van der Waals surface area contributed by atoms with Crippen LogP contribution in [0.15, 0.2) is 0 Å². The van der Waals surface area contributed by atoms with Crippen molar-refractivity contribution in [2.75, 3.05) is 26.2 Å². The molecular formula is C8H15N2O2. The number of piperidine rings is 1.